The van der Waals surface area contributed by atoms with E-state index in [-0.39, 0.29) is 0 Å². The molecule has 0 aliphatic rings. The van der Waals surface area contributed by atoms with E-state index in [9.17, 15) is 18.0 Å². The van der Waals surface area contributed by atoms with Crippen molar-refractivity contribution in [1.82, 2.24) is 5.32 Å². The van der Waals surface area contributed by atoms with Crippen LogP contribution in [0.2, 0.25) is 0 Å². The van der Waals surface area contributed by atoms with Gasteiger partial charge in [0, 0.05) is 12.6 Å². The zero-order valence-corrected chi connectivity index (χ0v) is 6.06. The lowest BCUT2D eigenvalue weighted by atomic mass is 10.2. The average Bonchev–Trinajstić information content (AvgIpc) is 1.79. The van der Waals surface area contributed by atoms with Crippen molar-refractivity contribution >= 4 is 6.09 Å². The highest BCUT2D eigenvalue weighted by Crippen LogP contribution is 2.20. The quantitative estimate of drug-likeness (QED) is 0.601. The summed E-state index contributed by atoms with van der Waals surface area (Å²) in [6, 6.07) is -1.22. The number of halogens is 3. The van der Waals surface area contributed by atoms with Gasteiger partial charge >= 0.3 is 12.3 Å². The maximum atomic E-state index is 11.6. The largest absolute Gasteiger partial charge is 0.465 e. The van der Waals surface area contributed by atoms with Gasteiger partial charge in [-0.3, -0.25) is 0 Å². The predicted octanol–water partition coefficient (Wildman–Crippen LogP) is 0.534. The number of nitrogens with one attached hydrogen (secondary N) is 1. The van der Waals surface area contributed by atoms with E-state index in [1.165, 1.54) is 0 Å². The molecule has 0 fully saturated rings. The first-order valence-electron chi connectivity index (χ1n) is 3.10. The van der Waals surface area contributed by atoms with Crippen molar-refractivity contribution in [2.24, 2.45) is 5.73 Å². The lowest BCUT2D eigenvalue weighted by Gasteiger charge is -2.13. The number of carboxylic acid groups (broad SMARTS) is 1. The van der Waals surface area contributed by atoms with Gasteiger partial charge in [-0.1, -0.05) is 0 Å². The molecule has 0 saturated heterocycles. The first-order chi connectivity index (χ1) is 5.31. The SMILES string of the molecule is NC(CNC(=O)O)CC(F)(F)F. The van der Waals surface area contributed by atoms with Crippen LogP contribution in [0.5, 0.6) is 0 Å². The van der Waals surface area contributed by atoms with E-state index < -0.39 is 31.3 Å². The minimum atomic E-state index is -4.35. The maximum absolute atomic E-state index is 11.6. The Labute approximate surface area is 66.5 Å². The summed E-state index contributed by atoms with van der Waals surface area (Å²) in [5, 5.41) is 9.77. The van der Waals surface area contributed by atoms with Gasteiger partial charge in [0.25, 0.3) is 0 Å². The molecule has 1 atom stereocenters. The van der Waals surface area contributed by atoms with E-state index in [4.69, 9.17) is 10.8 Å². The van der Waals surface area contributed by atoms with E-state index in [1.807, 2.05) is 0 Å². The summed E-state index contributed by atoms with van der Waals surface area (Å²) in [6.07, 6.45) is -6.92. The Kier molecular flexibility index (Phi) is 3.81. The van der Waals surface area contributed by atoms with Crippen molar-refractivity contribution in [3.05, 3.63) is 0 Å². The van der Waals surface area contributed by atoms with E-state index in [2.05, 4.69) is 0 Å². The Balaban J connectivity index is 3.60. The van der Waals surface area contributed by atoms with Gasteiger partial charge in [0.15, 0.2) is 0 Å². The summed E-state index contributed by atoms with van der Waals surface area (Å²) in [6.45, 7) is -0.394. The molecule has 0 radical (unpaired) electrons. The second-order valence-electron chi connectivity index (χ2n) is 2.27. The fraction of sp³-hybridized carbons (Fsp3) is 0.800. The normalized spacial score (nSPS) is 14.0. The second-order valence-corrected chi connectivity index (χ2v) is 2.27. The van der Waals surface area contributed by atoms with Crippen LogP contribution < -0.4 is 11.1 Å². The Morgan fingerprint density at radius 3 is 2.42 bits per heavy atom. The molecule has 0 spiro atoms. The van der Waals surface area contributed by atoms with Gasteiger partial charge in [-0.05, 0) is 0 Å². The molecule has 0 bridgehead atoms. The molecule has 4 nitrogen and oxygen atoms in total. The van der Waals surface area contributed by atoms with Crippen LogP contribution >= 0.6 is 0 Å². The van der Waals surface area contributed by atoms with Gasteiger partial charge < -0.3 is 16.2 Å². The Morgan fingerprint density at radius 2 is 2.08 bits per heavy atom. The standard InChI is InChI=1S/C5H9F3N2O2/c6-5(7,8)1-3(9)2-10-4(11)12/h3,10H,1-2,9H2,(H,11,12). The number of alkyl halides is 3. The highest BCUT2D eigenvalue weighted by atomic mass is 19.4. The number of carbonyl (C=O) groups is 1. The molecule has 12 heavy (non-hydrogen) atoms. The number of hydrogen-bond donors (Lipinski definition) is 3. The molecule has 0 saturated carbocycles. The van der Waals surface area contributed by atoms with Crippen LogP contribution in [0.3, 0.4) is 0 Å². The molecule has 4 N–H and O–H groups in total. The molecular weight excluding hydrogens is 177 g/mol. The van der Waals surface area contributed by atoms with Crippen molar-refractivity contribution in [2.75, 3.05) is 6.54 Å². The first-order valence-corrected chi connectivity index (χ1v) is 3.10. The van der Waals surface area contributed by atoms with Crippen LogP contribution in [0.25, 0.3) is 0 Å². The van der Waals surface area contributed by atoms with Gasteiger partial charge in [0.1, 0.15) is 0 Å². The van der Waals surface area contributed by atoms with Gasteiger partial charge in [0.2, 0.25) is 0 Å². The molecule has 0 aliphatic heterocycles. The number of nitrogens with two attached hydrogens (primary N) is 1. The third kappa shape index (κ3) is 7.13. The van der Waals surface area contributed by atoms with Gasteiger partial charge in [-0.2, -0.15) is 13.2 Å². The van der Waals surface area contributed by atoms with Crippen LogP contribution in [0.4, 0.5) is 18.0 Å². The molecular formula is C5H9F3N2O2. The second kappa shape index (κ2) is 4.15. The number of amides is 1. The predicted molar refractivity (Wildman–Crippen MR) is 34.7 cm³/mol. The van der Waals surface area contributed by atoms with Crippen LogP contribution in [0, 0.1) is 0 Å². The number of hydrogen-bond acceptors (Lipinski definition) is 2. The molecule has 7 heteroatoms. The molecule has 0 rings (SSSR count). The third-order valence-corrected chi connectivity index (χ3v) is 1.01. The fourth-order valence-corrected chi connectivity index (χ4v) is 0.588. The van der Waals surface area contributed by atoms with Crippen LogP contribution in [0.1, 0.15) is 6.42 Å². The minimum absolute atomic E-state index is 0.394. The summed E-state index contributed by atoms with van der Waals surface area (Å²) < 4.78 is 34.7. The minimum Gasteiger partial charge on any atom is -0.465 e. The molecule has 72 valence electrons. The Bertz CT molecular complexity index is 159. The fourth-order valence-electron chi connectivity index (χ4n) is 0.588. The molecule has 0 aromatic rings. The molecule has 0 aromatic carbocycles. The highest BCUT2D eigenvalue weighted by molar-refractivity contribution is 5.64. The van der Waals surface area contributed by atoms with E-state index in [0.717, 1.165) is 0 Å². The molecule has 0 aliphatic carbocycles. The molecule has 0 aromatic heterocycles. The zero-order valence-electron chi connectivity index (χ0n) is 6.06. The molecule has 1 unspecified atom stereocenters. The summed E-state index contributed by atoms with van der Waals surface area (Å²) >= 11 is 0. The first kappa shape index (κ1) is 11.0. The van der Waals surface area contributed by atoms with Crippen molar-refractivity contribution < 1.29 is 23.1 Å². The number of rotatable bonds is 3. The summed E-state index contributed by atoms with van der Waals surface area (Å²) in [5.74, 6) is 0. The Hall–Kier alpha value is -0.980. The van der Waals surface area contributed by atoms with E-state index >= 15 is 0 Å². The monoisotopic (exact) mass is 186 g/mol. The van der Waals surface area contributed by atoms with Crippen LogP contribution in [0.15, 0.2) is 0 Å². The van der Waals surface area contributed by atoms with E-state index in [1.54, 1.807) is 5.32 Å². The summed E-state index contributed by atoms with van der Waals surface area (Å²) in [4.78, 5) is 9.82. The van der Waals surface area contributed by atoms with Gasteiger partial charge in [-0.15, -0.1) is 0 Å². The Morgan fingerprint density at radius 1 is 1.58 bits per heavy atom. The van der Waals surface area contributed by atoms with E-state index in [0.29, 0.717) is 0 Å². The summed E-state index contributed by atoms with van der Waals surface area (Å²) in [7, 11) is 0. The van der Waals surface area contributed by atoms with Crippen LogP contribution in [-0.4, -0.2) is 30.0 Å². The topological polar surface area (TPSA) is 75.3 Å². The lowest BCUT2D eigenvalue weighted by Crippen LogP contribution is -2.39. The van der Waals surface area contributed by atoms with Gasteiger partial charge in [0.05, 0.1) is 6.42 Å². The molecule has 0 heterocycles. The van der Waals surface area contributed by atoms with Crippen molar-refractivity contribution in [1.29, 1.82) is 0 Å². The van der Waals surface area contributed by atoms with Gasteiger partial charge in [-0.25, -0.2) is 4.79 Å². The lowest BCUT2D eigenvalue weighted by molar-refractivity contribution is -0.137. The summed E-state index contributed by atoms with van der Waals surface area (Å²) in [5.41, 5.74) is 4.96. The van der Waals surface area contributed by atoms with Crippen molar-refractivity contribution in [3.63, 3.8) is 0 Å². The third-order valence-electron chi connectivity index (χ3n) is 1.01. The van der Waals surface area contributed by atoms with Crippen LogP contribution in [-0.2, 0) is 0 Å². The van der Waals surface area contributed by atoms with Crippen molar-refractivity contribution in [3.8, 4) is 0 Å². The zero-order chi connectivity index (χ0) is 9.78. The maximum Gasteiger partial charge on any atom is 0.404 e. The molecule has 1 amide bonds. The van der Waals surface area contributed by atoms with Crippen molar-refractivity contribution in [2.45, 2.75) is 18.6 Å². The average molecular weight is 186 g/mol. The smallest absolute Gasteiger partial charge is 0.404 e. The highest BCUT2D eigenvalue weighted by Gasteiger charge is 2.30.